The molecular weight excluding hydrogens is 1270 g/mol. The van der Waals surface area contributed by atoms with E-state index in [0.29, 0.717) is 81.7 Å². The maximum absolute atomic E-state index is 14.0. The van der Waals surface area contributed by atoms with Gasteiger partial charge in [-0.25, -0.2) is 24.7 Å². The van der Waals surface area contributed by atoms with E-state index in [9.17, 15) is 23.4 Å². The number of phenolic OH excluding ortho intramolecular Hbond substituents is 1. The van der Waals surface area contributed by atoms with Crippen molar-refractivity contribution in [1.29, 1.82) is 0 Å². The minimum Gasteiger partial charge on any atom is -0.508 e. The first kappa shape index (κ1) is 62.9. The number of aliphatic carboxylic acids is 1. The fraction of sp³-hybridized carbons (Fsp3) is 0.209. The summed E-state index contributed by atoms with van der Waals surface area (Å²) in [5.41, 5.74) is 6.26. The molecule has 0 unspecified atom stereocenters. The number of hydrogen-bond acceptors (Lipinski definition) is 16. The number of carboxylic acids is 1. The maximum Gasteiger partial charge on any atom is 0.345 e. The number of aryl methyl sites for hydroxylation is 1. The van der Waals surface area contributed by atoms with Gasteiger partial charge in [-0.15, -0.1) is 11.3 Å². The molecule has 0 saturated carbocycles. The number of thiophene rings is 1. The lowest BCUT2D eigenvalue weighted by atomic mass is 9.79. The third-order valence-corrected chi connectivity index (χ3v) is 19.1. The Kier molecular flexibility index (Phi) is 19.7. The molecule has 0 saturated heterocycles. The summed E-state index contributed by atoms with van der Waals surface area (Å²) in [6.07, 6.45) is 1.15. The summed E-state index contributed by atoms with van der Waals surface area (Å²) in [6, 6.07) is 44.8. The number of benzene rings is 7. The number of ether oxygens (including phenoxy) is 6. The van der Waals surface area contributed by atoms with Crippen LogP contribution in [0.3, 0.4) is 0 Å². The Balaban J connectivity index is 0.991. The number of fused-ring (bicyclic) bond motifs is 1. The van der Waals surface area contributed by atoms with E-state index in [1.54, 1.807) is 51.8 Å². The lowest BCUT2D eigenvalue weighted by molar-refractivity contribution is -0.145. The normalized spacial score (nSPS) is 12.4. The minimum atomic E-state index is -4.29. The van der Waals surface area contributed by atoms with Gasteiger partial charge in [-0.1, -0.05) is 108 Å². The van der Waals surface area contributed by atoms with Crippen LogP contribution in [0.2, 0.25) is 10.0 Å². The number of aromatic nitrogens is 4. The van der Waals surface area contributed by atoms with Gasteiger partial charge >= 0.3 is 5.97 Å². The van der Waals surface area contributed by atoms with Gasteiger partial charge in [-0.05, 0) is 155 Å². The molecule has 0 bridgehead atoms. The van der Waals surface area contributed by atoms with Crippen LogP contribution < -0.4 is 23.7 Å². The van der Waals surface area contributed by atoms with E-state index in [2.05, 4.69) is 35.9 Å². The lowest BCUT2D eigenvalue weighted by Gasteiger charge is -2.37. The number of phenols is 1. The van der Waals surface area contributed by atoms with Crippen molar-refractivity contribution >= 4 is 76.8 Å². The van der Waals surface area contributed by atoms with Gasteiger partial charge < -0.3 is 38.6 Å². The Morgan fingerprint density at radius 3 is 1.98 bits per heavy atom. The molecule has 0 aliphatic heterocycles. The number of hydrogen-bond donors (Lipinski definition) is 2. The fourth-order valence-electron chi connectivity index (χ4n) is 10.5. The first-order chi connectivity index (χ1) is 42.4. The van der Waals surface area contributed by atoms with Crippen LogP contribution in [0.15, 0.2) is 173 Å². The van der Waals surface area contributed by atoms with E-state index < -0.39 is 33.7 Å². The summed E-state index contributed by atoms with van der Waals surface area (Å²) >= 11 is 20.2. The Morgan fingerprint density at radius 2 is 1.34 bits per heavy atom. The smallest absolute Gasteiger partial charge is 0.345 e. The van der Waals surface area contributed by atoms with Crippen molar-refractivity contribution in [1.82, 2.24) is 19.9 Å². The monoisotopic (exact) mass is 1320 g/mol. The first-order valence-corrected chi connectivity index (χ1v) is 31.3. The average molecular weight is 1330 g/mol. The fourth-order valence-corrected chi connectivity index (χ4v) is 13.8. The molecule has 0 spiro atoms. The Hall–Kier alpha value is -8.14. The molecule has 2 atom stereocenters. The third kappa shape index (κ3) is 13.5. The van der Waals surface area contributed by atoms with Crippen molar-refractivity contribution in [2.45, 2.75) is 56.8 Å². The molecule has 0 fully saturated rings. The average Bonchev–Trinajstić information content (AvgIpc) is 1.51. The van der Waals surface area contributed by atoms with Crippen LogP contribution >= 0.6 is 50.5 Å². The predicted molar refractivity (Wildman–Crippen MR) is 342 cm³/mol. The molecule has 16 nitrogen and oxygen atoms in total. The summed E-state index contributed by atoms with van der Waals surface area (Å²) < 4.78 is 71.3. The van der Waals surface area contributed by atoms with E-state index in [0.717, 1.165) is 22.3 Å². The standard InChI is InChI=1S/C67H59BrCl2N4O12S2/c1-39-16-27-51(28-17-39)88(78,79)85-36-42(35-84-67(44-12-8-7-9-13-44,45-18-23-49(80-4)24-19-45)46-20-25-50(81-5)26-21-46)32-53-60(69)40(2)57(41(3)61(53)70)58-59-64(72-38-73-65(59)87-62(58)68)86-56(66(76)77)34-43-33-48(75)22-29-54(43)83-37-47-30-31-71-63(74-47)52-14-10-11-15-55(52)82-6/h7-31,33,38,42,56,75H,32,34-37H2,1-6H3,(H,76,77)/t42-,56-/m1/s1. The lowest BCUT2D eigenvalue weighted by Crippen LogP contribution is -2.36. The Bertz CT molecular complexity index is 4180. The zero-order chi connectivity index (χ0) is 62.3. The summed E-state index contributed by atoms with van der Waals surface area (Å²) in [5, 5.41) is 22.5. The molecule has 0 radical (unpaired) electrons. The second kappa shape index (κ2) is 27.5. The summed E-state index contributed by atoms with van der Waals surface area (Å²) in [5.74, 6) is 0.367. The number of carboxylic acid groups (broad SMARTS) is 1. The number of carbonyl (C=O) groups is 1. The van der Waals surface area contributed by atoms with E-state index in [1.165, 1.54) is 41.9 Å². The number of aromatic hydroxyl groups is 1. The van der Waals surface area contributed by atoms with Crippen molar-refractivity contribution in [3.63, 3.8) is 0 Å². The third-order valence-electron chi connectivity index (χ3n) is 15.0. The number of methoxy groups -OCH3 is 3. The molecule has 3 heterocycles. The van der Waals surface area contributed by atoms with Crippen molar-refractivity contribution in [2.75, 3.05) is 34.5 Å². The quantitative estimate of drug-likeness (QED) is 0.0403. The van der Waals surface area contributed by atoms with E-state index >= 15 is 0 Å². The molecule has 2 N–H and O–H groups in total. The molecule has 88 heavy (non-hydrogen) atoms. The van der Waals surface area contributed by atoms with Crippen LogP contribution in [0.1, 0.15) is 50.2 Å². The van der Waals surface area contributed by atoms with Gasteiger partial charge in [-0.3, -0.25) is 4.18 Å². The summed E-state index contributed by atoms with van der Waals surface area (Å²) in [4.78, 5) is 31.9. The number of rotatable bonds is 25. The zero-order valence-electron chi connectivity index (χ0n) is 48.5. The van der Waals surface area contributed by atoms with Crippen LogP contribution in [-0.2, 0) is 48.9 Å². The molecule has 7 aromatic carbocycles. The van der Waals surface area contributed by atoms with Gasteiger partial charge in [0, 0.05) is 39.7 Å². The highest BCUT2D eigenvalue weighted by atomic mass is 79.9. The SMILES string of the molecule is COc1ccc(C(OC[C@H](COS(=O)(=O)c2ccc(C)cc2)Cc2c(Cl)c(C)c(-c3c(Br)sc4ncnc(O[C@H](Cc5cc(O)ccc5OCc5ccnc(-c6ccccc6OC)n5)C(=O)O)c34)c(C)c2Cl)(c2ccccc2)c2ccc(OC)cc2)cc1. The highest BCUT2D eigenvalue weighted by Gasteiger charge is 2.40. The van der Waals surface area contributed by atoms with Gasteiger partial charge in [0.15, 0.2) is 5.82 Å². The van der Waals surface area contributed by atoms with Gasteiger partial charge in [0.2, 0.25) is 12.0 Å². The van der Waals surface area contributed by atoms with Crippen LogP contribution in [0.4, 0.5) is 0 Å². The van der Waals surface area contributed by atoms with Gasteiger partial charge in [0.1, 0.15) is 52.1 Å². The highest BCUT2D eigenvalue weighted by molar-refractivity contribution is 9.11. The minimum absolute atomic E-state index is 0.0106. The van der Waals surface area contributed by atoms with E-state index in [4.69, 9.17) is 55.8 Å². The van der Waals surface area contributed by atoms with Crippen LogP contribution in [0, 0.1) is 26.7 Å². The second-order valence-electron chi connectivity index (χ2n) is 20.6. The van der Waals surface area contributed by atoms with Gasteiger partial charge in [-0.2, -0.15) is 8.42 Å². The maximum atomic E-state index is 14.0. The predicted octanol–water partition coefficient (Wildman–Crippen LogP) is 14.8. The Labute approximate surface area is 531 Å². The number of para-hydroxylation sites is 1. The van der Waals surface area contributed by atoms with Crippen molar-refractivity contribution in [3.8, 4) is 57.1 Å². The molecular formula is C67H59BrCl2N4O12S2. The van der Waals surface area contributed by atoms with Gasteiger partial charge in [0.05, 0.1) is 59.9 Å². The number of nitrogens with zero attached hydrogens (tertiary/aromatic N) is 4. The molecule has 3 aromatic heterocycles. The van der Waals surface area contributed by atoms with E-state index in [-0.39, 0.29) is 65.0 Å². The zero-order valence-corrected chi connectivity index (χ0v) is 53.2. The van der Waals surface area contributed by atoms with E-state index in [1.807, 2.05) is 124 Å². The van der Waals surface area contributed by atoms with Crippen LogP contribution in [0.5, 0.6) is 34.6 Å². The largest absolute Gasteiger partial charge is 0.508 e. The summed E-state index contributed by atoms with van der Waals surface area (Å²) in [7, 11) is 0.465. The van der Waals surface area contributed by atoms with Crippen molar-refractivity contribution in [2.24, 2.45) is 5.92 Å². The van der Waals surface area contributed by atoms with Gasteiger partial charge in [0.25, 0.3) is 10.1 Å². The molecule has 452 valence electrons. The first-order valence-electron chi connectivity index (χ1n) is 27.6. The van der Waals surface area contributed by atoms with Crippen LogP contribution in [0.25, 0.3) is 32.7 Å². The summed E-state index contributed by atoms with van der Waals surface area (Å²) in [6.45, 7) is 5.09. The van der Waals surface area contributed by atoms with Crippen LogP contribution in [-0.4, -0.2) is 85.2 Å². The Morgan fingerprint density at radius 1 is 0.705 bits per heavy atom. The van der Waals surface area contributed by atoms with Crippen molar-refractivity contribution in [3.05, 3.63) is 228 Å². The molecule has 10 rings (SSSR count). The highest BCUT2D eigenvalue weighted by Crippen LogP contribution is 2.51. The second-order valence-corrected chi connectivity index (χ2v) is 25.3. The molecule has 10 aromatic rings. The molecule has 0 aliphatic carbocycles. The molecule has 0 aliphatic rings. The van der Waals surface area contributed by atoms with Crippen molar-refractivity contribution < 1.29 is 56.0 Å². The topological polar surface area (TPSA) is 208 Å². The number of halogens is 3. The molecule has 0 amide bonds. The molecule has 21 heteroatoms.